The predicted octanol–water partition coefficient (Wildman–Crippen LogP) is 1.78. The fourth-order valence-electron chi connectivity index (χ4n) is 2.67. The van der Waals surface area contributed by atoms with Crippen LogP contribution in [0.15, 0.2) is 48.5 Å². The molecule has 2 aromatic carbocycles. The third kappa shape index (κ3) is 4.09. The summed E-state index contributed by atoms with van der Waals surface area (Å²) in [5.74, 6) is 1.01. The van der Waals surface area contributed by atoms with Gasteiger partial charge in [0.2, 0.25) is 5.91 Å². The standard InChI is InChI=1S/C19H20N2O4/c1-24-15-8-6-14(7-9-15)10-11-20-18(22)12-21-16-4-2-3-5-17(16)25-13-19(21)23/h2-9H,10-13H2,1H3,(H,20,22). The van der Waals surface area contributed by atoms with Crippen molar-refractivity contribution in [1.82, 2.24) is 5.32 Å². The third-order valence-electron chi connectivity index (χ3n) is 4.00. The van der Waals surface area contributed by atoms with Crippen molar-refractivity contribution in [3.63, 3.8) is 0 Å². The van der Waals surface area contributed by atoms with Crippen LogP contribution in [0.5, 0.6) is 11.5 Å². The highest BCUT2D eigenvalue weighted by molar-refractivity contribution is 6.02. The molecule has 2 amide bonds. The zero-order chi connectivity index (χ0) is 17.6. The molecule has 25 heavy (non-hydrogen) atoms. The van der Waals surface area contributed by atoms with Gasteiger partial charge in [0.25, 0.3) is 5.91 Å². The van der Waals surface area contributed by atoms with Gasteiger partial charge >= 0.3 is 0 Å². The number of methoxy groups -OCH3 is 1. The van der Waals surface area contributed by atoms with E-state index in [9.17, 15) is 9.59 Å². The van der Waals surface area contributed by atoms with E-state index in [1.54, 1.807) is 19.2 Å². The van der Waals surface area contributed by atoms with Crippen LogP contribution in [0.2, 0.25) is 0 Å². The monoisotopic (exact) mass is 340 g/mol. The van der Waals surface area contributed by atoms with E-state index in [-0.39, 0.29) is 25.0 Å². The summed E-state index contributed by atoms with van der Waals surface area (Å²) in [5.41, 5.74) is 1.73. The number of carbonyl (C=O) groups excluding carboxylic acids is 2. The molecule has 0 aliphatic carbocycles. The molecule has 1 heterocycles. The van der Waals surface area contributed by atoms with Crippen LogP contribution in [0.3, 0.4) is 0 Å². The van der Waals surface area contributed by atoms with E-state index < -0.39 is 0 Å². The first-order valence-electron chi connectivity index (χ1n) is 8.09. The number of nitrogens with zero attached hydrogens (tertiary/aromatic N) is 1. The Morgan fingerprint density at radius 2 is 1.96 bits per heavy atom. The van der Waals surface area contributed by atoms with E-state index in [1.165, 1.54) is 4.90 Å². The summed E-state index contributed by atoms with van der Waals surface area (Å²) in [4.78, 5) is 25.7. The maximum atomic E-state index is 12.2. The molecule has 2 aromatic rings. The van der Waals surface area contributed by atoms with Gasteiger partial charge in [0, 0.05) is 6.54 Å². The first-order chi connectivity index (χ1) is 12.2. The van der Waals surface area contributed by atoms with Gasteiger partial charge in [0.15, 0.2) is 6.61 Å². The molecule has 0 radical (unpaired) electrons. The Hall–Kier alpha value is -3.02. The summed E-state index contributed by atoms with van der Waals surface area (Å²) in [5, 5.41) is 2.85. The number of anilines is 1. The molecular formula is C19H20N2O4. The van der Waals surface area contributed by atoms with Crippen molar-refractivity contribution >= 4 is 17.5 Å². The molecule has 6 heteroatoms. The lowest BCUT2D eigenvalue weighted by Gasteiger charge is -2.28. The lowest BCUT2D eigenvalue weighted by molar-refractivity contribution is -0.125. The Bertz CT molecular complexity index is 758. The Morgan fingerprint density at radius 3 is 2.72 bits per heavy atom. The number of carbonyl (C=O) groups is 2. The van der Waals surface area contributed by atoms with Crippen molar-refractivity contribution in [3.8, 4) is 11.5 Å². The van der Waals surface area contributed by atoms with Crippen LogP contribution in [-0.2, 0) is 16.0 Å². The predicted molar refractivity (Wildman–Crippen MR) is 94.0 cm³/mol. The van der Waals surface area contributed by atoms with Gasteiger partial charge in [0.05, 0.1) is 12.8 Å². The molecular weight excluding hydrogens is 320 g/mol. The summed E-state index contributed by atoms with van der Waals surface area (Å²) in [7, 11) is 1.63. The second-order valence-corrected chi connectivity index (χ2v) is 5.68. The number of nitrogens with one attached hydrogen (secondary N) is 1. The smallest absolute Gasteiger partial charge is 0.265 e. The Balaban J connectivity index is 1.53. The molecule has 0 atom stereocenters. The Labute approximate surface area is 146 Å². The average Bonchev–Trinajstić information content (AvgIpc) is 2.65. The summed E-state index contributed by atoms with van der Waals surface area (Å²) in [6.07, 6.45) is 0.712. The number of benzene rings is 2. The van der Waals surface area contributed by atoms with E-state index in [0.717, 1.165) is 11.3 Å². The van der Waals surface area contributed by atoms with Crippen molar-refractivity contribution in [2.75, 3.05) is 31.7 Å². The highest BCUT2D eigenvalue weighted by Gasteiger charge is 2.26. The van der Waals surface area contributed by atoms with E-state index in [0.29, 0.717) is 24.4 Å². The zero-order valence-electron chi connectivity index (χ0n) is 14.0. The molecule has 0 spiro atoms. The SMILES string of the molecule is COc1ccc(CCNC(=O)CN2C(=O)COc3ccccc32)cc1. The van der Waals surface area contributed by atoms with Gasteiger partial charge in [0.1, 0.15) is 18.0 Å². The average molecular weight is 340 g/mol. The molecule has 0 saturated heterocycles. The van der Waals surface area contributed by atoms with Gasteiger partial charge in [-0.05, 0) is 36.2 Å². The number of ether oxygens (including phenoxy) is 2. The molecule has 1 N–H and O–H groups in total. The summed E-state index contributed by atoms with van der Waals surface area (Å²) >= 11 is 0. The van der Waals surface area contributed by atoms with E-state index in [2.05, 4.69) is 5.32 Å². The lowest BCUT2D eigenvalue weighted by atomic mass is 10.1. The van der Waals surface area contributed by atoms with Gasteiger partial charge < -0.3 is 14.8 Å². The highest BCUT2D eigenvalue weighted by atomic mass is 16.5. The van der Waals surface area contributed by atoms with Gasteiger partial charge in [-0.15, -0.1) is 0 Å². The van der Waals surface area contributed by atoms with E-state index in [1.807, 2.05) is 36.4 Å². The van der Waals surface area contributed by atoms with Crippen LogP contribution < -0.4 is 19.7 Å². The van der Waals surface area contributed by atoms with Crippen molar-refractivity contribution in [2.45, 2.75) is 6.42 Å². The maximum absolute atomic E-state index is 12.2. The zero-order valence-corrected chi connectivity index (χ0v) is 14.0. The van der Waals surface area contributed by atoms with Gasteiger partial charge in [-0.3, -0.25) is 14.5 Å². The number of rotatable bonds is 6. The number of fused-ring (bicyclic) bond motifs is 1. The van der Waals surface area contributed by atoms with E-state index in [4.69, 9.17) is 9.47 Å². The summed E-state index contributed by atoms with van der Waals surface area (Å²) < 4.78 is 10.5. The fraction of sp³-hybridized carbons (Fsp3) is 0.263. The van der Waals surface area contributed by atoms with Gasteiger partial charge in [-0.25, -0.2) is 0 Å². The topological polar surface area (TPSA) is 67.9 Å². The van der Waals surface area contributed by atoms with Gasteiger partial charge in [-0.1, -0.05) is 24.3 Å². The van der Waals surface area contributed by atoms with Crippen LogP contribution in [0, 0.1) is 0 Å². The molecule has 130 valence electrons. The lowest BCUT2D eigenvalue weighted by Crippen LogP contribution is -2.45. The molecule has 0 saturated carbocycles. The largest absolute Gasteiger partial charge is 0.497 e. The third-order valence-corrected chi connectivity index (χ3v) is 4.00. The second-order valence-electron chi connectivity index (χ2n) is 5.68. The maximum Gasteiger partial charge on any atom is 0.265 e. The van der Waals surface area contributed by atoms with Crippen LogP contribution >= 0.6 is 0 Å². The molecule has 0 aromatic heterocycles. The van der Waals surface area contributed by atoms with Crippen molar-refractivity contribution in [1.29, 1.82) is 0 Å². The molecule has 6 nitrogen and oxygen atoms in total. The quantitative estimate of drug-likeness (QED) is 0.870. The van der Waals surface area contributed by atoms with Crippen LogP contribution in [-0.4, -0.2) is 38.6 Å². The van der Waals surface area contributed by atoms with E-state index >= 15 is 0 Å². The Kier molecular flexibility index (Phi) is 5.18. The molecule has 0 fully saturated rings. The first-order valence-corrected chi connectivity index (χ1v) is 8.09. The minimum atomic E-state index is -0.219. The number of para-hydroxylation sites is 2. The number of hydrogen-bond acceptors (Lipinski definition) is 4. The molecule has 0 bridgehead atoms. The second kappa shape index (κ2) is 7.70. The highest BCUT2D eigenvalue weighted by Crippen LogP contribution is 2.31. The number of hydrogen-bond donors (Lipinski definition) is 1. The van der Waals surface area contributed by atoms with Crippen molar-refractivity contribution in [3.05, 3.63) is 54.1 Å². The van der Waals surface area contributed by atoms with Crippen molar-refractivity contribution < 1.29 is 19.1 Å². The minimum Gasteiger partial charge on any atom is -0.497 e. The summed E-state index contributed by atoms with van der Waals surface area (Å²) in [6.45, 7) is 0.448. The van der Waals surface area contributed by atoms with Crippen molar-refractivity contribution in [2.24, 2.45) is 0 Å². The minimum absolute atomic E-state index is 0.0121. The molecule has 0 unspecified atom stereocenters. The van der Waals surface area contributed by atoms with Crippen LogP contribution in [0.4, 0.5) is 5.69 Å². The molecule has 3 rings (SSSR count). The Morgan fingerprint density at radius 1 is 1.20 bits per heavy atom. The first kappa shape index (κ1) is 16.8. The number of amides is 2. The molecule has 1 aliphatic rings. The molecule has 1 aliphatic heterocycles. The summed E-state index contributed by atoms with van der Waals surface area (Å²) in [6, 6.07) is 14.9. The fourth-order valence-corrected chi connectivity index (χ4v) is 2.67. The normalized spacial score (nSPS) is 13.0. The van der Waals surface area contributed by atoms with Gasteiger partial charge in [-0.2, -0.15) is 0 Å². The van der Waals surface area contributed by atoms with Crippen LogP contribution in [0.1, 0.15) is 5.56 Å². The van der Waals surface area contributed by atoms with Crippen LogP contribution in [0.25, 0.3) is 0 Å².